The Labute approximate surface area is 112 Å². The summed E-state index contributed by atoms with van der Waals surface area (Å²) in [4.78, 5) is 0. The fourth-order valence-electron chi connectivity index (χ4n) is 1.21. The molecule has 88 valence electrons. The first-order valence-electron chi connectivity index (χ1n) is 5.04. The van der Waals surface area contributed by atoms with Gasteiger partial charge in [-0.25, -0.2) is 0 Å². The molecule has 0 aliphatic heterocycles. The van der Waals surface area contributed by atoms with Crippen molar-refractivity contribution >= 4 is 40.5 Å². The molecule has 0 fully saturated rings. The zero-order valence-electron chi connectivity index (χ0n) is 9.21. The lowest BCUT2D eigenvalue weighted by molar-refractivity contribution is 1.55. The molecular weight excluding hydrogens is 248 g/mol. The fourth-order valence-corrected chi connectivity index (χ4v) is 1.21. The van der Waals surface area contributed by atoms with Crippen LogP contribution in [0, 0.1) is 0 Å². The van der Waals surface area contributed by atoms with Crippen molar-refractivity contribution in [1.82, 2.24) is 0 Å². The van der Waals surface area contributed by atoms with E-state index < -0.39 is 0 Å². The monoisotopic (exact) mass is 262 g/mol. The van der Waals surface area contributed by atoms with Gasteiger partial charge in [0.15, 0.2) is 0 Å². The zero-order valence-corrected chi connectivity index (χ0v) is 10.9. The van der Waals surface area contributed by atoms with E-state index in [1.54, 1.807) is 0 Å². The number of thiol groups is 1. The Balaban J connectivity index is 0.000000317. The van der Waals surface area contributed by atoms with Crippen LogP contribution in [0.4, 0.5) is 11.4 Å². The quantitative estimate of drug-likeness (QED) is 0.572. The van der Waals surface area contributed by atoms with Gasteiger partial charge in [-0.15, -0.1) is 12.6 Å². The lowest BCUT2D eigenvalue weighted by Crippen LogP contribution is -1.94. The van der Waals surface area contributed by atoms with Crippen LogP contribution in [0.1, 0.15) is 0 Å². The average molecular weight is 262 g/mol. The number of benzene rings is 2. The van der Waals surface area contributed by atoms with E-state index in [0.29, 0.717) is 0 Å². The fraction of sp³-hybridized carbons (Fsp3) is 0. The number of thiocarbonyl (C=S) groups is 1. The third-order valence-electron chi connectivity index (χ3n) is 1.84. The molecule has 3 N–H and O–H groups in total. The number of para-hydroxylation sites is 2. The number of anilines is 2. The Kier molecular flexibility index (Phi) is 6.14. The summed E-state index contributed by atoms with van der Waals surface area (Å²) in [6.45, 7) is 0. The van der Waals surface area contributed by atoms with Crippen LogP contribution < -0.4 is 11.1 Å². The van der Waals surface area contributed by atoms with E-state index in [9.17, 15) is 0 Å². The van der Waals surface area contributed by atoms with Crippen LogP contribution in [-0.2, 0) is 0 Å². The number of nitrogens with one attached hydrogen (secondary N) is 1. The molecule has 0 aromatic heterocycles. The lowest BCUT2D eigenvalue weighted by atomic mass is 10.3. The van der Waals surface area contributed by atoms with E-state index in [2.05, 4.69) is 30.2 Å². The minimum absolute atomic E-state index is 0.194. The highest BCUT2D eigenvalue weighted by molar-refractivity contribution is 8.10. The van der Waals surface area contributed by atoms with Gasteiger partial charge in [0.05, 0.1) is 0 Å². The van der Waals surface area contributed by atoms with Crippen LogP contribution in [0.25, 0.3) is 0 Å². The molecule has 2 aromatic rings. The largest absolute Gasteiger partial charge is 0.385 e. The molecule has 0 saturated carbocycles. The second-order valence-electron chi connectivity index (χ2n) is 3.20. The van der Waals surface area contributed by atoms with Gasteiger partial charge in [0.25, 0.3) is 0 Å². The summed E-state index contributed by atoms with van der Waals surface area (Å²) in [6.07, 6.45) is 0. The maximum Gasteiger partial charge on any atom is 0.128 e. The van der Waals surface area contributed by atoms with Crippen molar-refractivity contribution in [3.8, 4) is 0 Å². The van der Waals surface area contributed by atoms with Crippen LogP contribution in [-0.4, -0.2) is 4.32 Å². The molecule has 2 nitrogen and oxygen atoms in total. The highest BCUT2D eigenvalue weighted by atomic mass is 32.1. The molecule has 0 atom stereocenters. The predicted octanol–water partition coefficient (Wildman–Crippen LogP) is 3.59. The van der Waals surface area contributed by atoms with E-state index in [4.69, 9.17) is 5.73 Å². The Bertz CT molecular complexity index is 402. The SMILES string of the molecule is NC(=S)S.c1ccc(Nc2ccccc2)cc1. The van der Waals surface area contributed by atoms with Gasteiger partial charge >= 0.3 is 0 Å². The molecule has 17 heavy (non-hydrogen) atoms. The minimum Gasteiger partial charge on any atom is -0.385 e. The maximum absolute atomic E-state index is 4.71. The van der Waals surface area contributed by atoms with Gasteiger partial charge in [0, 0.05) is 11.4 Å². The van der Waals surface area contributed by atoms with Gasteiger partial charge < -0.3 is 11.1 Å². The Morgan fingerprint density at radius 2 is 1.18 bits per heavy atom. The molecule has 0 saturated heterocycles. The smallest absolute Gasteiger partial charge is 0.128 e. The first-order valence-corrected chi connectivity index (χ1v) is 5.89. The van der Waals surface area contributed by atoms with Crippen LogP contribution in [0.3, 0.4) is 0 Å². The third-order valence-corrected chi connectivity index (χ3v) is 1.84. The van der Waals surface area contributed by atoms with E-state index >= 15 is 0 Å². The van der Waals surface area contributed by atoms with Crippen molar-refractivity contribution in [2.75, 3.05) is 5.32 Å². The molecule has 0 amide bonds. The van der Waals surface area contributed by atoms with E-state index in [1.165, 1.54) is 0 Å². The molecule has 0 unspecified atom stereocenters. The molecule has 4 heteroatoms. The number of rotatable bonds is 2. The van der Waals surface area contributed by atoms with Crippen LogP contribution in [0.5, 0.6) is 0 Å². The van der Waals surface area contributed by atoms with E-state index in [0.717, 1.165) is 11.4 Å². The van der Waals surface area contributed by atoms with Crippen LogP contribution in [0.2, 0.25) is 0 Å². The normalized spacial score (nSPS) is 8.76. The van der Waals surface area contributed by atoms with Gasteiger partial charge in [-0.3, -0.25) is 0 Å². The van der Waals surface area contributed by atoms with Gasteiger partial charge in [0.2, 0.25) is 0 Å². The summed E-state index contributed by atoms with van der Waals surface area (Å²) in [7, 11) is 0. The summed E-state index contributed by atoms with van der Waals surface area (Å²) in [6, 6.07) is 20.3. The molecule has 0 bridgehead atoms. The first-order chi connectivity index (χ1) is 8.18. The van der Waals surface area contributed by atoms with Crippen LogP contribution >= 0.6 is 24.8 Å². The highest BCUT2D eigenvalue weighted by Gasteiger charge is 1.89. The lowest BCUT2D eigenvalue weighted by Gasteiger charge is -2.04. The summed E-state index contributed by atoms with van der Waals surface area (Å²) in [5.74, 6) is 0. The predicted molar refractivity (Wildman–Crippen MR) is 81.9 cm³/mol. The van der Waals surface area contributed by atoms with Gasteiger partial charge in [-0.05, 0) is 24.3 Å². The van der Waals surface area contributed by atoms with Gasteiger partial charge in [0.1, 0.15) is 4.32 Å². The van der Waals surface area contributed by atoms with Crippen molar-refractivity contribution < 1.29 is 0 Å². The molecule has 0 aliphatic rings. The average Bonchev–Trinajstić information content (AvgIpc) is 2.31. The molecule has 0 spiro atoms. The van der Waals surface area contributed by atoms with Gasteiger partial charge in [-0.1, -0.05) is 48.6 Å². The Hall–Kier alpha value is -1.52. The molecule has 0 aliphatic carbocycles. The van der Waals surface area contributed by atoms with Crippen LogP contribution in [0.15, 0.2) is 60.7 Å². The van der Waals surface area contributed by atoms with Crippen molar-refractivity contribution in [2.24, 2.45) is 5.73 Å². The van der Waals surface area contributed by atoms with E-state index in [1.807, 2.05) is 60.7 Å². The zero-order chi connectivity index (χ0) is 12.5. The van der Waals surface area contributed by atoms with Gasteiger partial charge in [-0.2, -0.15) is 0 Å². The van der Waals surface area contributed by atoms with Crippen molar-refractivity contribution in [1.29, 1.82) is 0 Å². The Morgan fingerprint density at radius 1 is 0.882 bits per heavy atom. The summed E-state index contributed by atoms with van der Waals surface area (Å²) in [5, 5.41) is 3.30. The topological polar surface area (TPSA) is 38.0 Å². The molecule has 0 radical (unpaired) electrons. The second kappa shape index (κ2) is 7.70. The van der Waals surface area contributed by atoms with Crippen molar-refractivity contribution in [3.05, 3.63) is 60.7 Å². The number of hydrogen-bond donors (Lipinski definition) is 3. The molecule has 2 aromatic carbocycles. The molecule has 0 heterocycles. The third kappa shape index (κ3) is 6.60. The second-order valence-corrected chi connectivity index (χ2v) is 4.42. The molecule has 2 rings (SSSR count). The minimum atomic E-state index is 0.194. The standard InChI is InChI=1S/C12H11N.CH3NS2/c1-3-7-11(8-4-1)13-12-9-5-2-6-10-12;2-1(3)4/h1-10,13H;(H3,2,3,4). The number of nitrogens with two attached hydrogens (primary N) is 1. The van der Waals surface area contributed by atoms with Crippen molar-refractivity contribution in [2.45, 2.75) is 0 Å². The summed E-state index contributed by atoms with van der Waals surface area (Å²) in [5.41, 5.74) is 6.95. The molecular formula is C13H14N2S2. The summed E-state index contributed by atoms with van der Waals surface area (Å²) >= 11 is 7.65. The first kappa shape index (κ1) is 13.5. The number of hydrogen-bond acceptors (Lipinski definition) is 2. The maximum atomic E-state index is 4.71. The van der Waals surface area contributed by atoms with E-state index in [-0.39, 0.29) is 4.32 Å². The Morgan fingerprint density at radius 3 is 1.47 bits per heavy atom. The van der Waals surface area contributed by atoms with Crippen molar-refractivity contribution in [3.63, 3.8) is 0 Å². The highest BCUT2D eigenvalue weighted by Crippen LogP contribution is 2.14. The summed E-state index contributed by atoms with van der Waals surface area (Å²) < 4.78 is 0.194.